The van der Waals surface area contributed by atoms with Gasteiger partial charge in [0.25, 0.3) is 0 Å². The number of nitrogens with zero attached hydrogens (tertiary/aromatic N) is 3. The van der Waals surface area contributed by atoms with E-state index in [1.807, 2.05) is 20.8 Å². The van der Waals surface area contributed by atoms with Gasteiger partial charge in [0.15, 0.2) is 5.84 Å². The molecule has 1 aromatic heterocycles. The molecule has 7 nitrogen and oxygen atoms in total. The topological polar surface area (TPSA) is 110 Å². The Morgan fingerprint density at radius 1 is 1.00 bits per heavy atom. The Labute approximate surface area is 220 Å². The fourth-order valence-electron chi connectivity index (χ4n) is 4.44. The van der Waals surface area contributed by atoms with Gasteiger partial charge in [-0.3, -0.25) is 0 Å². The van der Waals surface area contributed by atoms with Crippen LogP contribution in [0.5, 0.6) is 5.75 Å². The minimum Gasteiger partial charge on any atom is -0.487 e. The molecule has 0 aliphatic heterocycles. The molecule has 5 N–H and O–H groups in total. The molecule has 1 heterocycles. The summed E-state index contributed by atoms with van der Waals surface area (Å²) in [5.74, 6) is 5.38. The van der Waals surface area contributed by atoms with Gasteiger partial charge in [0.2, 0.25) is 0 Å². The second kappa shape index (κ2) is 10.4. The van der Waals surface area contributed by atoms with Gasteiger partial charge in [0.1, 0.15) is 29.6 Å². The molecular weight excluding hydrogens is 488 g/mol. The summed E-state index contributed by atoms with van der Waals surface area (Å²) >= 11 is 0. The van der Waals surface area contributed by atoms with Crippen LogP contribution in [-0.4, -0.2) is 28.1 Å². The van der Waals surface area contributed by atoms with Crippen molar-refractivity contribution in [2.45, 2.75) is 33.0 Å². The molecule has 0 aliphatic rings. The summed E-state index contributed by atoms with van der Waals surface area (Å²) in [5.41, 5.74) is 6.21. The maximum atomic E-state index is 14.3. The molecule has 0 spiro atoms. The molecule has 4 rings (SSSR count). The molecule has 9 heteroatoms. The summed E-state index contributed by atoms with van der Waals surface area (Å²) < 4.78 is 33.9. The Balaban J connectivity index is 1.79. The number of ether oxygens (including phenoxy) is 1. The first kappa shape index (κ1) is 27.0. The van der Waals surface area contributed by atoms with Crippen LogP contribution in [-0.2, 0) is 12.2 Å². The highest BCUT2D eigenvalue weighted by molar-refractivity contribution is 5.99. The lowest BCUT2D eigenvalue weighted by molar-refractivity contribution is -0.0264. The normalized spacial score (nSPS) is 13.8. The zero-order valence-electron chi connectivity index (χ0n) is 21.7. The summed E-state index contributed by atoms with van der Waals surface area (Å²) in [5, 5.41) is 18.2. The maximum absolute atomic E-state index is 14.3. The zero-order valence-corrected chi connectivity index (χ0v) is 21.7. The summed E-state index contributed by atoms with van der Waals surface area (Å²) in [4.78, 5) is 4.54. The number of fused-ring (bicyclic) bond motifs is 1. The standard InChI is InChI=1S/C29H31F2N5O2/c1-28(2,3)29(37,19-6-5-7-20(30)15-19)25-16-23(11-12-24(25)27(32)35-36(4)33)38-17-22-10-8-18-14-21(31)9-13-26(18)34-22/h5-16,37H,17,33H2,1-4H3,(H2,32,35). The van der Waals surface area contributed by atoms with Crippen molar-refractivity contribution in [2.75, 3.05) is 7.05 Å². The number of pyridine rings is 1. The number of aromatic nitrogens is 1. The van der Waals surface area contributed by atoms with Gasteiger partial charge < -0.3 is 15.6 Å². The quantitative estimate of drug-likeness (QED) is 0.140. The van der Waals surface area contributed by atoms with Crippen LogP contribution < -0.4 is 16.3 Å². The Morgan fingerprint density at radius 3 is 2.42 bits per heavy atom. The maximum Gasteiger partial charge on any atom is 0.152 e. The van der Waals surface area contributed by atoms with Crippen LogP contribution in [0.25, 0.3) is 10.9 Å². The van der Waals surface area contributed by atoms with Crippen molar-refractivity contribution in [2.24, 2.45) is 22.1 Å². The van der Waals surface area contributed by atoms with Gasteiger partial charge >= 0.3 is 0 Å². The highest BCUT2D eigenvalue weighted by atomic mass is 19.1. The number of rotatable bonds is 7. The van der Waals surface area contributed by atoms with E-state index in [4.69, 9.17) is 16.3 Å². The first-order chi connectivity index (χ1) is 17.9. The smallest absolute Gasteiger partial charge is 0.152 e. The average molecular weight is 520 g/mol. The number of hydrazone groups is 1. The second-order valence-corrected chi connectivity index (χ2v) is 10.2. The minimum atomic E-state index is -1.69. The Morgan fingerprint density at radius 2 is 1.74 bits per heavy atom. The molecule has 0 aliphatic carbocycles. The first-order valence-electron chi connectivity index (χ1n) is 12.0. The van der Waals surface area contributed by atoms with Crippen LogP contribution in [0.2, 0.25) is 0 Å². The minimum absolute atomic E-state index is 0.0686. The summed E-state index contributed by atoms with van der Waals surface area (Å²) in [6.45, 7) is 5.66. The van der Waals surface area contributed by atoms with Gasteiger partial charge in [-0.1, -0.05) is 39.0 Å². The third-order valence-electron chi connectivity index (χ3n) is 6.35. The molecule has 0 saturated carbocycles. The Kier molecular flexibility index (Phi) is 7.35. The van der Waals surface area contributed by atoms with Gasteiger partial charge in [0.05, 0.1) is 11.2 Å². The van der Waals surface area contributed by atoms with E-state index in [0.29, 0.717) is 39.0 Å². The van der Waals surface area contributed by atoms with E-state index in [0.717, 1.165) is 5.12 Å². The molecule has 0 bridgehead atoms. The molecule has 198 valence electrons. The predicted molar refractivity (Wildman–Crippen MR) is 144 cm³/mol. The average Bonchev–Trinajstić information content (AvgIpc) is 2.85. The van der Waals surface area contributed by atoms with E-state index in [1.54, 1.807) is 48.5 Å². The third kappa shape index (κ3) is 5.44. The zero-order chi connectivity index (χ0) is 27.7. The van der Waals surface area contributed by atoms with Gasteiger partial charge in [-0.25, -0.2) is 24.7 Å². The highest BCUT2D eigenvalue weighted by Gasteiger charge is 2.45. The lowest BCUT2D eigenvalue weighted by Crippen LogP contribution is -2.43. The van der Waals surface area contributed by atoms with Crippen LogP contribution in [0, 0.1) is 17.0 Å². The third-order valence-corrected chi connectivity index (χ3v) is 6.35. The van der Waals surface area contributed by atoms with Crippen molar-refractivity contribution in [1.29, 1.82) is 0 Å². The van der Waals surface area contributed by atoms with Crippen LogP contribution in [0.1, 0.15) is 43.2 Å². The summed E-state index contributed by atoms with van der Waals surface area (Å²) in [6, 6.07) is 18.8. The van der Waals surface area contributed by atoms with E-state index < -0.39 is 16.8 Å². The number of aliphatic hydroxyl groups is 1. The lowest BCUT2D eigenvalue weighted by Gasteiger charge is -2.42. The Hall–Kier alpha value is -4.08. The first-order valence-corrected chi connectivity index (χ1v) is 12.0. The monoisotopic (exact) mass is 519 g/mol. The molecule has 0 saturated heterocycles. The fraction of sp³-hybridized carbons (Fsp3) is 0.241. The van der Waals surface area contributed by atoms with Crippen molar-refractivity contribution in [1.82, 2.24) is 10.1 Å². The van der Waals surface area contributed by atoms with Gasteiger partial charge in [0, 0.05) is 23.6 Å². The van der Waals surface area contributed by atoms with Crippen LogP contribution in [0.15, 0.2) is 77.9 Å². The molecule has 0 fully saturated rings. The van der Waals surface area contributed by atoms with E-state index in [2.05, 4.69) is 10.1 Å². The Bertz CT molecular complexity index is 1500. The van der Waals surface area contributed by atoms with Crippen LogP contribution in [0.3, 0.4) is 0 Å². The van der Waals surface area contributed by atoms with Gasteiger partial charge in [-0.15, -0.1) is 5.10 Å². The van der Waals surface area contributed by atoms with E-state index in [-0.39, 0.29) is 18.3 Å². The number of hydrogen-bond acceptors (Lipinski definition) is 6. The number of benzene rings is 3. The van der Waals surface area contributed by atoms with E-state index in [9.17, 15) is 13.9 Å². The molecule has 38 heavy (non-hydrogen) atoms. The largest absolute Gasteiger partial charge is 0.487 e. The molecule has 1 atom stereocenters. The van der Waals surface area contributed by atoms with Crippen molar-refractivity contribution in [3.05, 3.63) is 107 Å². The molecule has 4 aromatic rings. The van der Waals surface area contributed by atoms with Gasteiger partial charge in [-0.2, -0.15) is 0 Å². The van der Waals surface area contributed by atoms with Crippen molar-refractivity contribution in [3.63, 3.8) is 0 Å². The fourth-order valence-corrected chi connectivity index (χ4v) is 4.44. The summed E-state index contributed by atoms with van der Waals surface area (Å²) in [7, 11) is 1.53. The number of hydrazine groups is 1. The van der Waals surface area contributed by atoms with Crippen LogP contribution in [0.4, 0.5) is 8.78 Å². The van der Waals surface area contributed by atoms with Crippen molar-refractivity contribution in [3.8, 4) is 5.75 Å². The number of hydrogen-bond donors (Lipinski definition) is 3. The highest BCUT2D eigenvalue weighted by Crippen LogP contribution is 2.47. The molecule has 0 amide bonds. The molecule has 1 unspecified atom stereocenters. The SMILES string of the molecule is CN(N)/N=C(\N)c1ccc(OCc2ccc3cc(F)ccc3n2)cc1C(O)(c1cccc(F)c1)C(C)(C)C. The number of amidine groups is 1. The van der Waals surface area contributed by atoms with E-state index >= 15 is 0 Å². The second-order valence-electron chi connectivity index (χ2n) is 10.2. The lowest BCUT2D eigenvalue weighted by atomic mass is 9.67. The number of nitrogens with two attached hydrogens (primary N) is 2. The predicted octanol–water partition coefficient (Wildman–Crippen LogP) is 4.80. The summed E-state index contributed by atoms with van der Waals surface area (Å²) in [6.07, 6.45) is 0. The van der Waals surface area contributed by atoms with Crippen molar-refractivity contribution >= 4 is 16.7 Å². The molecule has 0 radical (unpaired) electrons. The molecular formula is C29H31F2N5O2. The van der Waals surface area contributed by atoms with Crippen LogP contribution >= 0.6 is 0 Å². The van der Waals surface area contributed by atoms with Crippen molar-refractivity contribution < 1.29 is 18.6 Å². The molecule has 3 aromatic carbocycles. The van der Waals surface area contributed by atoms with E-state index in [1.165, 1.54) is 31.3 Å². The van der Waals surface area contributed by atoms with Gasteiger partial charge in [-0.05, 0) is 65.6 Å². The number of halogens is 2.